The minimum Gasteiger partial charge on any atom is -0.279 e. The van der Waals surface area contributed by atoms with Crippen LogP contribution in [0.5, 0.6) is 0 Å². The van der Waals surface area contributed by atoms with Gasteiger partial charge in [0.2, 0.25) is 0 Å². The molecule has 0 amide bonds. The summed E-state index contributed by atoms with van der Waals surface area (Å²) in [6.45, 7) is 0. The van der Waals surface area contributed by atoms with Crippen LogP contribution in [0, 0.1) is 11.6 Å². The Balaban J connectivity index is 1.96. The quantitative estimate of drug-likeness (QED) is 0.736. The van der Waals surface area contributed by atoms with Crippen molar-refractivity contribution in [2.45, 2.75) is 11.3 Å². The van der Waals surface area contributed by atoms with Crippen LogP contribution < -0.4 is 4.72 Å². The standard InChI is InChI=1S/C19H15F2NO2S/c20-16-10-6-11-17(21)19(16)25(23,24)22-18-12-5-4-9-15(18)13-14-7-2-1-3-8-14/h1-12,22H,13H2. The molecule has 0 atom stereocenters. The summed E-state index contributed by atoms with van der Waals surface area (Å²) in [6, 6.07) is 19.2. The fraction of sp³-hybridized carbons (Fsp3) is 0.0526. The first-order chi connectivity index (χ1) is 12.0. The first-order valence-corrected chi connectivity index (χ1v) is 9.04. The average Bonchev–Trinajstić information content (AvgIpc) is 2.57. The molecule has 0 bridgehead atoms. The molecule has 0 fully saturated rings. The normalized spacial score (nSPS) is 11.3. The molecular weight excluding hydrogens is 344 g/mol. The van der Waals surface area contributed by atoms with E-state index in [0.29, 0.717) is 12.0 Å². The Morgan fingerprint density at radius 2 is 1.36 bits per heavy atom. The molecule has 1 N–H and O–H groups in total. The van der Waals surface area contributed by atoms with E-state index in [0.717, 1.165) is 23.8 Å². The molecule has 128 valence electrons. The maximum atomic E-state index is 13.8. The van der Waals surface area contributed by atoms with E-state index < -0.39 is 26.6 Å². The largest absolute Gasteiger partial charge is 0.279 e. The van der Waals surface area contributed by atoms with E-state index >= 15 is 0 Å². The number of para-hydroxylation sites is 1. The summed E-state index contributed by atoms with van der Waals surface area (Å²) in [7, 11) is -4.39. The second-order valence-corrected chi connectivity index (χ2v) is 7.10. The van der Waals surface area contributed by atoms with E-state index in [2.05, 4.69) is 4.72 Å². The van der Waals surface area contributed by atoms with E-state index in [9.17, 15) is 17.2 Å². The first-order valence-electron chi connectivity index (χ1n) is 7.56. The van der Waals surface area contributed by atoms with Crippen LogP contribution in [0.25, 0.3) is 0 Å². The van der Waals surface area contributed by atoms with Crippen LogP contribution in [0.15, 0.2) is 77.7 Å². The number of halogens is 2. The smallest absolute Gasteiger partial charge is 0.267 e. The number of rotatable bonds is 5. The van der Waals surface area contributed by atoms with Crippen LogP contribution >= 0.6 is 0 Å². The van der Waals surface area contributed by atoms with Crippen LogP contribution in [0.3, 0.4) is 0 Å². The third-order valence-corrected chi connectivity index (χ3v) is 5.10. The first kappa shape index (κ1) is 17.1. The van der Waals surface area contributed by atoms with Crippen molar-refractivity contribution >= 4 is 15.7 Å². The monoisotopic (exact) mass is 359 g/mol. The van der Waals surface area contributed by atoms with Crippen LogP contribution in [-0.4, -0.2) is 8.42 Å². The molecule has 0 heterocycles. The highest BCUT2D eigenvalue weighted by Gasteiger charge is 2.24. The molecule has 0 aliphatic rings. The number of hydrogen-bond acceptors (Lipinski definition) is 2. The topological polar surface area (TPSA) is 46.2 Å². The van der Waals surface area contributed by atoms with E-state index in [-0.39, 0.29) is 5.69 Å². The van der Waals surface area contributed by atoms with Gasteiger partial charge in [-0.25, -0.2) is 17.2 Å². The zero-order valence-electron chi connectivity index (χ0n) is 13.1. The molecule has 0 unspecified atom stereocenters. The van der Waals surface area contributed by atoms with Crippen LogP contribution in [0.1, 0.15) is 11.1 Å². The minimum absolute atomic E-state index is 0.286. The van der Waals surface area contributed by atoms with Gasteiger partial charge in [-0.15, -0.1) is 0 Å². The molecule has 0 saturated heterocycles. The lowest BCUT2D eigenvalue weighted by molar-refractivity contribution is 0.521. The van der Waals surface area contributed by atoms with Gasteiger partial charge in [0.1, 0.15) is 11.6 Å². The van der Waals surface area contributed by atoms with Crippen molar-refractivity contribution in [3.8, 4) is 0 Å². The molecule has 0 saturated carbocycles. The zero-order chi connectivity index (χ0) is 17.9. The van der Waals surface area contributed by atoms with Crippen molar-refractivity contribution in [3.05, 3.63) is 95.6 Å². The van der Waals surface area contributed by atoms with Gasteiger partial charge in [0.15, 0.2) is 4.90 Å². The second kappa shape index (κ2) is 7.03. The lowest BCUT2D eigenvalue weighted by Crippen LogP contribution is -2.17. The van der Waals surface area contributed by atoms with Crippen LogP contribution in [-0.2, 0) is 16.4 Å². The van der Waals surface area contributed by atoms with E-state index in [4.69, 9.17) is 0 Å². The summed E-state index contributed by atoms with van der Waals surface area (Å²) in [6.07, 6.45) is 0.485. The van der Waals surface area contributed by atoms with Crippen LogP contribution in [0.4, 0.5) is 14.5 Å². The lowest BCUT2D eigenvalue weighted by Gasteiger charge is -2.13. The third-order valence-electron chi connectivity index (χ3n) is 3.69. The van der Waals surface area contributed by atoms with Gasteiger partial charge in [-0.05, 0) is 35.7 Å². The zero-order valence-corrected chi connectivity index (χ0v) is 13.9. The van der Waals surface area contributed by atoms with Gasteiger partial charge >= 0.3 is 0 Å². The van der Waals surface area contributed by atoms with Gasteiger partial charge in [0, 0.05) is 0 Å². The van der Waals surface area contributed by atoms with E-state index in [1.807, 2.05) is 30.3 Å². The Morgan fingerprint density at radius 3 is 2.04 bits per heavy atom. The Morgan fingerprint density at radius 1 is 0.760 bits per heavy atom. The number of anilines is 1. The molecule has 3 aromatic rings. The Kier molecular flexibility index (Phi) is 4.81. The molecule has 3 nitrogen and oxygen atoms in total. The highest BCUT2D eigenvalue weighted by Crippen LogP contribution is 2.25. The predicted octanol–water partition coefficient (Wildman–Crippen LogP) is 4.36. The van der Waals surface area contributed by atoms with Gasteiger partial charge < -0.3 is 0 Å². The van der Waals surface area contributed by atoms with E-state index in [1.54, 1.807) is 24.3 Å². The molecule has 3 rings (SSSR count). The van der Waals surface area contributed by atoms with Gasteiger partial charge in [-0.2, -0.15) is 0 Å². The summed E-state index contributed by atoms with van der Waals surface area (Å²) < 4.78 is 54.9. The fourth-order valence-corrected chi connectivity index (χ4v) is 3.77. The average molecular weight is 359 g/mol. The SMILES string of the molecule is O=S(=O)(Nc1ccccc1Cc1ccccc1)c1c(F)cccc1F. The Bertz CT molecular complexity index is 969. The summed E-state index contributed by atoms with van der Waals surface area (Å²) in [5.41, 5.74) is 1.98. The number of benzene rings is 3. The van der Waals surface area contributed by atoms with Gasteiger partial charge in [0.25, 0.3) is 10.0 Å². The van der Waals surface area contributed by atoms with Crippen molar-refractivity contribution < 1.29 is 17.2 Å². The molecule has 0 aromatic heterocycles. The Hall–Kier alpha value is -2.73. The second-order valence-electron chi connectivity index (χ2n) is 5.48. The number of sulfonamides is 1. The molecule has 0 aliphatic heterocycles. The number of hydrogen-bond donors (Lipinski definition) is 1. The summed E-state index contributed by atoms with van der Waals surface area (Å²) >= 11 is 0. The molecule has 0 radical (unpaired) electrons. The Labute approximate surface area is 145 Å². The maximum Gasteiger partial charge on any atom is 0.267 e. The molecular formula is C19H15F2NO2S. The highest BCUT2D eigenvalue weighted by atomic mass is 32.2. The van der Waals surface area contributed by atoms with Gasteiger partial charge in [-0.3, -0.25) is 4.72 Å². The third kappa shape index (κ3) is 3.85. The molecule has 0 spiro atoms. The lowest BCUT2D eigenvalue weighted by atomic mass is 10.0. The van der Waals surface area contributed by atoms with Crippen LogP contribution in [0.2, 0.25) is 0 Å². The molecule has 25 heavy (non-hydrogen) atoms. The highest BCUT2D eigenvalue weighted by molar-refractivity contribution is 7.92. The summed E-state index contributed by atoms with van der Waals surface area (Å²) in [4.78, 5) is -0.982. The molecule has 6 heteroatoms. The maximum absolute atomic E-state index is 13.8. The summed E-state index contributed by atoms with van der Waals surface area (Å²) in [5.74, 6) is -2.26. The van der Waals surface area contributed by atoms with Crippen molar-refractivity contribution in [1.29, 1.82) is 0 Å². The molecule has 0 aliphatic carbocycles. The van der Waals surface area contributed by atoms with Crippen molar-refractivity contribution in [2.24, 2.45) is 0 Å². The van der Waals surface area contributed by atoms with E-state index in [1.165, 1.54) is 0 Å². The van der Waals surface area contributed by atoms with Crippen molar-refractivity contribution in [2.75, 3.05) is 4.72 Å². The predicted molar refractivity (Wildman–Crippen MR) is 92.9 cm³/mol. The van der Waals surface area contributed by atoms with Crippen molar-refractivity contribution in [1.82, 2.24) is 0 Å². The fourth-order valence-electron chi connectivity index (χ4n) is 2.52. The molecule has 3 aromatic carbocycles. The van der Waals surface area contributed by atoms with Crippen molar-refractivity contribution in [3.63, 3.8) is 0 Å². The summed E-state index contributed by atoms with van der Waals surface area (Å²) in [5, 5.41) is 0. The number of nitrogens with one attached hydrogen (secondary N) is 1. The minimum atomic E-state index is -4.39. The van der Waals surface area contributed by atoms with Gasteiger partial charge in [0.05, 0.1) is 5.69 Å². The van der Waals surface area contributed by atoms with Gasteiger partial charge in [-0.1, -0.05) is 54.6 Å².